The van der Waals surface area contributed by atoms with E-state index in [1.807, 2.05) is 18.2 Å². The van der Waals surface area contributed by atoms with Crippen LogP contribution in [0, 0.1) is 28.9 Å². The first-order valence-electron chi connectivity index (χ1n) is 14.8. The second kappa shape index (κ2) is 14.0. The maximum Gasteiger partial charge on any atom is 0.254 e. The number of hydrogen-bond acceptors (Lipinski definition) is 5. The molecule has 10 heteroatoms. The van der Waals surface area contributed by atoms with Crippen LogP contribution < -0.4 is 5.73 Å². The van der Waals surface area contributed by atoms with Crippen molar-refractivity contribution in [2.45, 2.75) is 58.4 Å². The van der Waals surface area contributed by atoms with E-state index >= 15 is 4.39 Å². The summed E-state index contributed by atoms with van der Waals surface area (Å²) in [6.07, 6.45) is 4.66. The molecule has 2 aliphatic rings. The van der Waals surface area contributed by atoms with Crippen molar-refractivity contribution in [3.8, 4) is 0 Å². The molecule has 2 aromatic rings. The van der Waals surface area contributed by atoms with Crippen molar-refractivity contribution < 1.29 is 27.4 Å². The number of carbonyl (C=O) groups is 3. The van der Waals surface area contributed by atoms with E-state index in [4.69, 9.17) is 5.73 Å². The van der Waals surface area contributed by atoms with E-state index in [-0.39, 0.29) is 41.3 Å². The third-order valence-corrected chi connectivity index (χ3v) is 9.61. The first-order valence-corrected chi connectivity index (χ1v) is 16.2. The van der Waals surface area contributed by atoms with E-state index < -0.39 is 39.7 Å². The minimum atomic E-state index is -1.80. The fourth-order valence-electron chi connectivity index (χ4n) is 6.77. The van der Waals surface area contributed by atoms with Gasteiger partial charge >= 0.3 is 0 Å². The molecule has 1 saturated carbocycles. The number of halogens is 2. The van der Waals surface area contributed by atoms with Gasteiger partial charge in [0.15, 0.2) is 0 Å². The maximum atomic E-state index is 15.0. The standard InChI is InChI=1S/C33H41F2N3O4S/c1-33(2,3)32(37(15-7-14-36)31(41)20-43(42)21-38-29(39)12-13-30(38)40)27-18-24(26-19-25(34)10-11-28(26)35)17-23(27)16-22-8-5-4-6-9-22/h4-6,8-13,19,23-24,27,32H,7,14-18,20-21,36H2,1-3H3/t23?,24?,27?,32-,43?/m0/s1. The van der Waals surface area contributed by atoms with Crippen LogP contribution >= 0.6 is 0 Å². The molecule has 0 spiro atoms. The lowest BCUT2D eigenvalue weighted by Crippen LogP contribution is -2.54. The van der Waals surface area contributed by atoms with Crippen LogP contribution in [0.1, 0.15) is 57.1 Å². The van der Waals surface area contributed by atoms with Crippen LogP contribution in [0.25, 0.3) is 0 Å². The third kappa shape index (κ3) is 8.03. The van der Waals surface area contributed by atoms with Crippen LogP contribution in [0.3, 0.4) is 0 Å². The van der Waals surface area contributed by atoms with E-state index in [1.165, 1.54) is 12.1 Å². The lowest BCUT2D eigenvalue weighted by atomic mass is 9.72. The zero-order valence-corrected chi connectivity index (χ0v) is 25.8. The summed E-state index contributed by atoms with van der Waals surface area (Å²) in [5, 5.41) is 0. The van der Waals surface area contributed by atoms with Crippen molar-refractivity contribution >= 4 is 28.5 Å². The van der Waals surface area contributed by atoms with Gasteiger partial charge in [0.1, 0.15) is 23.3 Å². The molecule has 43 heavy (non-hydrogen) atoms. The van der Waals surface area contributed by atoms with Crippen molar-refractivity contribution in [3.05, 3.63) is 83.4 Å². The summed E-state index contributed by atoms with van der Waals surface area (Å²) in [6.45, 7) is 6.85. The molecule has 1 aliphatic heterocycles. The third-order valence-electron chi connectivity index (χ3n) is 8.50. The van der Waals surface area contributed by atoms with Gasteiger partial charge < -0.3 is 10.6 Å². The summed E-state index contributed by atoms with van der Waals surface area (Å²) in [5.41, 5.74) is 6.92. The number of hydrogen-bond donors (Lipinski definition) is 1. The van der Waals surface area contributed by atoms with Gasteiger partial charge in [-0.05, 0) is 84.7 Å². The Hall–Kier alpha value is -3.24. The van der Waals surface area contributed by atoms with E-state index in [0.29, 0.717) is 44.3 Å². The van der Waals surface area contributed by atoms with E-state index in [9.17, 15) is 23.0 Å². The highest BCUT2D eigenvalue weighted by atomic mass is 32.2. The van der Waals surface area contributed by atoms with Crippen LogP contribution in [-0.2, 0) is 31.6 Å². The minimum absolute atomic E-state index is 0.0592. The maximum absolute atomic E-state index is 15.0. The highest BCUT2D eigenvalue weighted by Crippen LogP contribution is 2.50. The molecule has 0 aromatic heterocycles. The number of rotatable bonds is 12. The number of carbonyl (C=O) groups excluding carboxylic acids is 3. The summed E-state index contributed by atoms with van der Waals surface area (Å²) in [5.74, 6) is -3.35. The summed E-state index contributed by atoms with van der Waals surface area (Å²) < 4.78 is 42.4. The number of nitrogens with zero attached hydrogens (tertiary/aromatic N) is 2. The smallest absolute Gasteiger partial charge is 0.254 e. The van der Waals surface area contributed by atoms with Crippen molar-refractivity contribution in [1.82, 2.24) is 9.80 Å². The predicted octanol–water partition coefficient (Wildman–Crippen LogP) is 4.54. The summed E-state index contributed by atoms with van der Waals surface area (Å²) in [7, 11) is -1.80. The summed E-state index contributed by atoms with van der Waals surface area (Å²) >= 11 is 0. The van der Waals surface area contributed by atoms with Crippen molar-refractivity contribution in [2.24, 2.45) is 23.0 Å². The quantitative estimate of drug-likeness (QED) is 0.355. The number of amides is 3. The molecule has 4 rings (SSSR count). The van der Waals surface area contributed by atoms with Gasteiger partial charge in [0.05, 0.1) is 10.8 Å². The Kier molecular flexibility index (Phi) is 10.7. The van der Waals surface area contributed by atoms with Crippen molar-refractivity contribution in [3.63, 3.8) is 0 Å². The molecule has 5 atom stereocenters. The summed E-state index contributed by atoms with van der Waals surface area (Å²) in [4.78, 5) is 40.6. The Balaban J connectivity index is 1.66. The molecule has 2 aromatic carbocycles. The number of benzene rings is 2. The molecule has 1 fully saturated rings. The van der Waals surface area contributed by atoms with Crippen LogP contribution in [0.5, 0.6) is 0 Å². The monoisotopic (exact) mass is 613 g/mol. The molecule has 1 heterocycles. The Morgan fingerprint density at radius 1 is 1.07 bits per heavy atom. The zero-order chi connectivity index (χ0) is 31.3. The number of imide groups is 1. The van der Waals surface area contributed by atoms with Crippen LogP contribution in [0.2, 0.25) is 0 Å². The molecule has 1 aliphatic carbocycles. The number of nitrogens with two attached hydrogens (primary N) is 1. The van der Waals surface area contributed by atoms with E-state index in [1.54, 1.807) is 4.90 Å². The molecule has 7 nitrogen and oxygen atoms in total. The van der Waals surface area contributed by atoms with Gasteiger partial charge in [-0.2, -0.15) is 0 Å². The van der Waals surface area contributed by atoms with Crippen LogP contribution in [-0.4, -0.2) is 62.5 Å². The Morgan fingerprint density at radius 2 is 1.74 bits per heavy atom. The topological polar surface area (TPSA) is 101 Å². The fraction of sp³-hybridized carbons (Fsp3) is 0.485. The van der Waals surface area contributed by atoms with E-state index in [0.717, 1.165) is 28.7 Å². The SMILES string of the molecule is CC(C)(C)[C@H](C1CC(c2cc(F)ccc2F)CC1Cc1ccccc1)N(CCCN)C(=O)CS(=O)CN1C(=O)C=CC1=O. The lowest BCUT2D eigenvalue weighted by molar-refractivity contribution is -0.137. The molecule has 232 valence electrons. The normalized spacial score (nSPS) is 21.8. The second-order valence-corrected chi connectivity index (χ2v) is 14.1. The zero-order valence-electron chi connectivity index (χ0n) is 25.0. The molecule has 0 saturated heterocycles. The molecular formula is C33H41F2N3O4S. The van der Waals surface area contributed by atoms with Crippen LogP contribution in [0.15, 0.2) is 60.7 Å². The highest BCUT2D eigenvalue weighted by molar-refractivity contribution is 7.85. The minimum Gasteiger partial charge on any atom is -0.338 e. The Morgan fingerprint density at radius 3 is 2.37 bits per heavy atom. The fourth-order valence-corrected chi connectivity index (χ4v) is 7.84. The molecule has 0 radical (unpaired) electrons. The highest BCUT2D eigenvalue weighted by Gasteiger charge is 2.47. The van der Waals surface area contributed by atoms with Crippen molar-refractivity contribution in [1.29, 1.82) is 0 Å². The van der Waals surface area contributed by atoms with Gasteiger partial charge in [-0.3, -0.25) is 23.5 Å². The van der Waals surface area contributed by atoms with Gasteiger partial charge in [0.25, 0.3) is 11.8 Å². The lowest BCUT2D eigenvalue weighted by Gasteiger charge is -2.46. The Bertz CT molecular complexity index is 1360. The first-order chi connectivity index (χ1) is 20.4. The molecule has 3 amide bonds. The molecule has 4 unspecified atom stereocenters. The van der Waals surface area contributed by atoms with Gasteiger partial charge in [-0.1, -0.05) is 51.1 Å². The van der Waals surface area contributed by atoms with Gasteiger partial charge in [0, 0.05) is 24.7 Å². The summed E-state index contributed by atoms with van der Waals surface area (Å²) in [6, 6.07) is 13.3. The van der Waals surface area contributed by atoms with Gasteiger partial charge in [-0.25, -0.2) is 8.78 Å². The largest absolute Gasteiger partial charge is 0.338 e. The molecule has 0 bridgehead atoms. The van der Waals surface area contributed by atoms with Gasteiger partial charge in [-0.15, -0.1) is 0 Å². The average molecular weight is 614 g/mol. The molecule has 2 N–H and O–H groups in total. The predicted molar refractivity (Wildman–Crippen MR) is 163 cm³/mol. The Labute approximate surface area is 255 Å². The average Bonchev–Trinajstić information content (AvgIpc) is 3.49. The van der Waals surface area contributed by atoms with Crippen molar-refractivity contribution in [2.75, 3.05) is 24.7 Å². The molecular weight excluding hydrogens is 572 g/mol. The first kappa shape index (κ1) is 32.7. The van der Waals surface area contributed by atoms with Crippen LogP contribution in [0.4, 0.5) is 8.78 Å². The van der Waals surface area contributed by atoms with E-state index in [2.05, 4.69) is 32.9 Å². The second-order valence-electron chi connectivity index (χ2n) is 12.6. The van der Waals surface area contributed by atoms with Gasteiger partial charge in [0.2, 0.25) is 5.91 Å².